The molecule has 0 bridgehead atoms. The maximum atomic E-state index is 13.3. The first-order valence-electron chi connectivity index (χ1n) is 7.08. The van der Waals surface area contributed by atoms with E-state index in [0.717, 1.165) is 12.8 Å². The number of hydrogen-bond acceptors (Lipinski definition) is 2. The van der Waals surface area contributed by atoms with Crippen LogP contribution in [-0.4, -0.2) is 38.2 Å². The van der Waals surface area contributed by atoms with Gasteiger partial charge >= 0.3 is 10.2 Å². The van der Waals surface area contributed by atoms with Crippen molar-refractivity contribution < 1.29 is 12.8 Å². The molecule has 2 rings (SSSR count). The summed E-state index contributed by atoms with van der Waals surface area (Å²) in [5.74, 6) is 0.499. The van der Waals surface area contributed by atoms with Crippen molar-refractivity contribution in [1.82, 2.24) is 4.31 Å². The van der Waals surface area contributed by atoms with Gasteiger partial charge in [-0.2, -0.15) is 12.7 Å². The quantitative estimate of drug-likeness (QED) is 0.777. The Balaban J connectivity index is 2.20. The van der Waals surface area contributed by atoms with Crippen LogP contribution in [0, 0.1) is 11.7 Å². The first-order valence-corrected chi connectivity index (χ1v) is 9.01. The molecule has 0 spiro atoms. The Bertz CT molecular complexity index is 574. The molecule has 0 saturated carbocycles. The lowest BCUT2D eigenvalue weighted by molar-refractivity contribution is 0.289. The Morgan fingerprint density at radius 1 is 1.38 bits per heavy atom. The molecule has 1 aromatic carbocycles. The van der Waals surface area contributed by atoms with Gasteiger partial charge in [-0.25, -0.2) is 4.39 Å². The summed E-state index contributed by atoms with van der Waals surface area (Å²) in [6, 6.07) is 5.67. The fourth-order valence-corrected chi connectivity index (χ4v) is 4.51. The molecule has 1 saturated heterocycles. The average Bonchev–Trinajstić information content (AvgIpc) is 2.48. The summed E-state index contributed by atoms with van der Waals surface area (Å²) >= 11 is 5.83. The van der Waals surface area contributed by atoms with E-state index < -0.39 is 16.0 Å². The maximum Gasteiger partial charge on any atom is 0.304 e. The van der Waals surface area contributed by atoms with Gasteiger partial charge in [0.1, 0.15) is 5.82 Å². The van der Waals surface area contributed by atoms with Crippen LogP contribution in [0.15, 0.2) is 24.3 Å². The molecule has 0 amide bonds. The highest BCUT2D eigenvalue weighted by Crippen LogP contribution is 2.25. The first kappa shape index (κ1) is 16.5. The monoisotopic (exact) mass is 334 g/mol. The van der Waals surface area contributed by atoms with E-state index in [9.17, 15) is 12.8 Å². The second-order valence-electron chi connectivity index (χ2n) is 5.15. The van der Waals surface area contributed by atoms with Gasteiger partial charge in [0, 0.05) is 25.5 Å². The van der Waals surface area contributed by atoms with Gasteiger partial charge in [0.15, 0.2) is 0 Å². The van der Waals surface area contributed by atoms with Gasteiger partial charge in [-0.05, 0) is 43.9 Å². The third kappa shape index (κ3) is 3.67. The normalized spacial score (nSPS) is 17.9. The number of anilines is 1. The van der Waals surface area contributed by atoms with Crippen molar-refractivity contribution in [2.24, 2.45) is 5.92 Å². The minimum absolute atomic E-state index is 0.265. The van der Waals surface area contributed by atoms with Crippen LogP contribution in [0.5, 0.6) is 0 Å². The summed E-state index contributed by atoms with van der Waals surface area (Å²) < 4.78 is 41.5. The highest BCUT2D eigenvalue weighted by atomic mass is 35.5. The van der Waals surface area contributed by atoms with Gasteiger partial charge in [0.05, 0.1) is 5.69 Å². The lowest BCUT2D eigenvalue weighted by atomic mass is 10.0. The van der Waals surface area contributed by atoms with Crippen molar-refractivity contribution in [2.75, 3.05) is 29.8 Å². The molecule has 4 nitrogen and oxygen atoms in total. The second kappa shape index (κ2) is 6.94. The Labute approximate surface area is 130 Å². The van der Waals surface area contributed by atoms with Gasteiger partial charge in [-0.1, -0.05) is 6.07 Å². The zero-order valence-corrected chi connectivity index (χ0v) is 13.6. The van der Waals surface area contributed by atoms with E-state index in [1.807, 2.05) is 0 Å². The van der Waals surface area contributed by atoms with Crippen LogP contribution in [0.3, 0.4) is 0 Å². The Kier molecular flexibility index (Phi) is 5.46. The minimum atomic E-state index is -3.62. The smallest absolute Gasteiger partial charge is 0.258 e. The highest BCUT2D eigenvalue weighted by Gasteiger charge is 2.32. The maximum absolute atomic E-state index is 13.3. The molecule has 7 heteroatoms. The van der Waals surface area contributed by atoms with E-state index in [1.54, 1.807) is 13.0 Å². The van der Waals surface area contributed by atoms with Crippen LogP contribution in [0.4, 0.5) is 10.1 Å². The molecule has 0 unspecified atom stereocenters. The van der Waals surface area contributed by atoms with E-state index in [1.165, 1.54) is 26.8 Å². The van der Waals surface area contributed by atoms with E-state index in [4.69, 9.17) is 11.6 Å². The molecule has 1 fully saturated rings. The minimum Gasteiger partial charge on any atom is -0.258 e. The third-order valence-corrected chi connectivity index (χ3v) is 6.26. The van der Waals surface area contributed by atoms with Crippen molar-refractivity contribution >= 4 is 27.5 Å². The van der Waals surface area contributed by atoms with Crippen molar-refractivity contribution in [3.8, 4) is 0 Å². The summed E-state index contributed by atoms with van der Waals surface area (Å²) in [6.45, 7) is 2.94. The predicted molar refractivity (Wildman–Crippen MR) is 83.4 cm³/mol. The summed E-state index contributed by atoms with van der Waals surface area (Å²) in [5.41, 5.74) is 0.358. The fraction of sp³-hybridized carbons (Fsp3) is 0.571. The third-order valence-electron chi connectivity index (χ3n) is 3.78. The molecular weight excluding hydrogens is 315 g/mol. The SMILES string of the molecule is CCN(c1cccc(F)c1)S(=O)(=O)N1CCC(CCl)CC1. The standard InChI is InChI=1S/C14H20ClFN2O2S/c1-2-18(14-5-3-4-13(16)10-14)21(19,20)17-8-6-12(11-15)7-9-17/h3-5,10,12H,2,6-9,11H2,1H3. The van der Waals surface area contributed by atoms with Gasteiger partial charge in [-0.15, -0.1) is 11.6 Å². The Morgan fingerprint density at radius 2 is 2.05 bits per heavy atom. The number of halogens is 2. The second-order valence-corrected chi connectivity index (χ2v) is 7.31. The van der Waals surface area contributed by atoms with E-state index in [2.05, 4.69) is 0 Å². The number of piperidine rings is 1. The van der Waals surface area contributed by atoms with Gasteiger partial charge in [-0.3, -0.25) is 4.31 Å². The number of nitrogens with zero attached hydrogens (tertiary/aromatic N) is 2. The number of alkyl halides is 1. The summed E-state index contributed by atoms with van der Waals surface area (Å²) in [7, 11) is -3.62. The molecular formula is C14H20ClFN2O2S. The highest BCUT2D eigenvalue weighted by molar-refractivity contribution is 7.90. The molecule has 0 radical (unpaired) electrons. The Morgan fingerprint density at radius 3 is 2.57 bits per heavy atom. The number of rotatable bonds is 5. The van der Waals surface area contributed by atoms with Gasteiger partial charge in [0.2, 0.25) is 0 Å². The predicted octanol–water partition coefficient (Wildman–Crippen LogP) is 2.85. The molecule has 0 aromatic heterocycles. The molecule has 21 heavy (non-hydrogen) atoms. The fourth-order valence-electron chi connectivity index (χ4n) is 2.54. The van der Waals surface area contributed by atoms with Crippen molar-refractivity contribution in [3.05, 3.63) is 30.1 Å². The largest absolute Gasteiger partial charge is 0.304 e. The zero-order valence-electron chi connectivity index (χ0n) is 12.0. The van der Waals surface area contributed by atoms with Crippen molar-refractivity contribution in [3.63, 3.8) is 0 Å². The van der Waals surface area contributed by atoms with Crippen molar-refractivity contribution in [2.45, 2.75) is 19.8 Å². The summed E-state index contributed by atoms with van der Waals surface area (Å²) in [5, 5.41) is 0. The Hall–Kier alpha value is -0.850. The molecule has 0 N–H and O–H groups in total. The molecule has 1 aliphatic heterocycles. The molecule has 1 heterocycles. The van der Waals surface area contributed by atoms with Crippen LogP contribution in [-0.2, 0) is 10.2 Å². The molecule has 1 aromatic rings. The molecule has 118 valence electrons. The zero-order chi connectivity index (χ0) is 15.5. The van der Waals surface area contributed by atoms with Crippen molar-refractivity contribution in [1.29, 1.82) is 0 Å². The average molecular weight is 335 g/mol. The molecule has 1 aliphatic rings. The number of hydrogen-bond donors (Lipinski definition) is 0. The number of benzene rings is 1. The van der Waals surface area contributed by atoms with E-state index in [0.29, 0.717) is 30.6 Å². The summed E-state index contributed by atoms with van der Waals surface area (Å²) in [6.07, 6.45) is 1.53. The van der Waals surface area contributed by atoms with Crippen LogP contribution in [0.2, 0.25) is 0 Å². The van der Waals surface area contributed by atoms with Crippen LogP contribution in [0.1, 0.15) is 19.8 Å². The first-order chi connectivity index (χ1) is 9.98. The lowest BCUT2D eigenvalue weighted by Crippen LogP contribution is -2.47. The van der Waals surface area contributed by atoms with Crippen LogP contribution in [0.25, 0.3) is 0 Å². The van der Waals surface area contributed by atoms with Gasteiger partial charge in [0.25, 0.3) is 0 Å². The summed E-state index contributed by atoms with van der Waals surface area (Å²) in [4.78, 5) is 0. The van der Waals surface area contributed by atoms with E-state index >= 15 is 0 Å². The lowest BCUT2D eigenvalue weighted by Gasteiger charge is -2.34. The van der Waals surface area contributed by atoms with Gasteiger partial charge < -0.3 is 0 Å². The van der Waals surface area contributed by atoms with Crippen LogP contribution >= 0.6 is 11.6 Å². The topological polar surface area (TPSA) is 40.6 Å². The van der Waals surface area contributed by atoms with E-state index in [-0.39, 0.29) is 6.54 Å². The van der Waals surface area contributed by atoms with Crippen LogP contribution < -0.4 is 4.31 Å². The molecule has 0 atom stereocenters. The molecule has 0 aliphatic carbocycles.